The summed E-state index contributed by atoms with van der Waals surface area (Å²) in [5, 5.41) is 0.140. The van der Waals surface area contributed by atoms with Crippen LogP contribution in [0.3, 0.4) is 0 Å². The van der Waals surface area contributed by atoms with Crippen LogP contribution < -0.4 is 0 Å². The monoisotopic (exact) mass is 328 g/mol. The maximum Gasteiger partial charge on any atom is 0.144 e. The molecule has 2 nitrogen and oxygen atoms in total. The predicted octanol–water partition coefficient (Wildman–Crippen LogP) is 5.56. The number of hydrogen-bond donors (Lipinski definition) is 0. The summed E-state index contributed by atoms with van der Waals surface area (Å²) in [7, 11) is 0. The van der Waals surface area contributed by atoms with Crippen molar-refractivity contribution in [1.29, 1.82) is 0 Å². The molecule has 21 heavy (non-hydrogen) atoms. The number of nitrogens with zero attached hydrogens (tertiary/aromatic N) is 2. The van der Waals surface area contributed by atoms with E-state index in [2.05, 4.69) is 23.4 Å². The lowest BCUT2D eigenvalue weighted by Crippen LogP contribution is -2.23. The van der Waals surface area contributed by atoms with Crippen LogP contribution in [0.4, 0.5) is 4.39 Å². The third-order valence-corrected chi connectivity index (χ3v) is 4.97. The van der Waals surface area contributed by atoms with E-state index in [1.165, 1.54) is 12.5 Å². The van der Waals surface area contributed by atoms with E-state index in [4.69, 9.17) is 23.2 Å². The van der Waals surface area contributed by atoms with E-state index in [0.29, 0.717) is 29.3 Å². The van der Waals surface area contributed by atoms with Gasteiger partial charge in [-0.15, -0.1) is 11.6 Å². The van der Waals surface area contributed by atoms with Crippen LogP contribution >= 0.6 is 23.2 Å². The molecule has 0 bridgehead atoms. The van der Waals surface area contributed by atoms with E-state index in [1.807, 2.05) is 0 Å². The van der Waals surface area contributed by atoms with Crippen molar-refractivity contribution in [3.8, 4) is 0 Å². The van der Waals surface area contributed by atoms with Gasteiger partial charge in [0.1, 0.15) is 11.6 Å². The molecule has 0 amide bonds. The molecular weight excluding hydrogens is 310 g/mol. The molecule has 0 spiro atoms. The number of halogens is 3. The second kappa shape index (κ2) is 5.77. The van der Waals surface area contributed by atoms with E-state index in [-0.39, 0.29) is 5.02 Å². The molecule has 0 saturated heterocycles. The van der Waals surface area contributed by atoms with Crippen molar-refractivity contribution in [3.05, 3.63) is 28.8 Å². The normalized spacial score (nSPS) is 26.4. The van der Waals surface area contributed by atoms with Gasteiger partial charge in [0.2, 0.25) is 0 Å². The minimum absolute atomic E-state index is 0.140. The fourth-order valence-corrected chi connectivity index (χ4v) is 4.10. The van der Waals surface area contributed by atoms with E-state index in [0.717, 1.165) is 24.2 Å². The fraction of sp³-hybridized carbons (Fsp3) is 0.562. The molecule has 1 heterocycles. The Labute approximate surface area is 134 Å². The molecule has 1 fully saturated rings. The Morgan fingerprint density at radius 3 is 2.52 bits per heavy atom. The molecule has 1 aliphatic carbocycles. The molecule has 1 aromatic carbocycles. The SMILES string of the molecule is CC1CC(C)CC(n2c(CCl)nc3cc(F)c(Cl)cc32)C1. The highest BCUT2D eigenvalue weighted by molar-refractivity contribution is 6.31. The molecule has 3 rings (SSSR count). The number of benzene rings is 1. The Bertz CT molecular complexity index is 658. The average Bonchev–Trinajstić information content (AvgIpc) is 2.75. The Morgan fingerprint density at radius 1 is 1.24 bits per heavy atom. The van der Waals surface area contributed by atoms with Crippen LogP contribution in [0.2, 0.25) is 5.02 Å². The molecule has 1 aromatic heterocycles. The van der Waals surface area contributed by atoms with Gasteiger partial charge in [0.25, 0.3) is 0 Å². The minimum Gasteiger partial charge on any atom is -0.324 e. The molecule has 2 atom stereocenters. The number of aromatic nitrogens is 2. The number of hydrogen-bond acceptors (Lipinski definition) is 1. The Hall–Kier alpha value is -0.800. The van der Waals surface area contributed by atoms with Crippen molar-refractivity contribution in [2.24, 2.45) is 11.8 Å². The van der Waals surface area contributed by atoms with Crippen molar-refractivity contribution in [2.75, 3.05) is 0 Å². The molecule has 2 unspecified atom stereocenters. The van der Waals surface area contributed by atoms with Crippen molar-refractivity contribution in [1.82, 2.24) is 9.55 Å². The first-order valence-electron chi connectivity index (χ1n) is 7.41. The van der Waals surface area contributed by atoms with Crippen LogP contribution in [0.5, 0.6) is 0 Å². The standard InChI is InChI=1S/C16H19Cl2FN2/c1-9-3-10(2)5-11(4-9)21-15-6-12(18)13(19)7-14(15)20-16(21)8-17/h6-7,9-11H,3-5,8H2,1-2H3. The first-order chi connectivity index (χ1) is 9.99. The summed E-state index contributed by atoms with van der Waals surface area (Å²) in [6.07, 6.45) is 3.47. The smallest absolute Gasteiger partial charge is 0.144 e. The van der Waals surface area contributed by atoms with Crippen molar-refractivity contribution in [2.45, 2.75) is 45.0 Å². The molecule has 0 N–H and O–H groups in total. The van der Waals surface area contributed by atoms with Crippen LogP contribution in [0.1, 0.15) is 45.0 Å². The summed E-state index contributed by atoms with van der Waals surface area (Å²) in [5.41, 5.74) is 1.53. The zero-order valence-corrected chi connectivity index (χ0v) is 13.8. The predicted molar refractivity (Wildman–Crippen MR) is 85.5 cm³/mol. The lowest BCUT2D eigenvalue weighted by atomic mass is 9.80. The number of rotatable bonds is 2. The maximum absolute atomic E-state index is 13.6. The van der Waals surface area contributed by atoms with Gasteiger partial charge in [0, 0.05) is 12.1 Å². The van der Waals surface area contributed by atoms with E-state index < -0.39 is 5.82 Å². The topological polar surface area (TPSA) is 17.8 Å². The highest BCUT2D eigenvalue weighted by Gasteiger charge is 2.28. The summed E-state index contributed by atoms with van der Waals surface area (Å²) in [4.78, 5) is 4.49. The zero-order valence-electron chi connectivity index (χ0n) is 12.2. The van der Waals surface area contributed by atoms with Gasteiger partial charge < -0.3 is 4.57 Å². The zero-order chi connectivity index (χ0) is 15.1. The van der Waals surface area contributed by atoms with Crippen LogP contribution in [0, 0.1) is 17.7 Å². The van der Waals surface area contributed by atoms with E-state index >= 15 is 0 Å². The number of fused-ring (bicyclic) bond motifs is 1. The average molecular weight is 329 g/mol. The summed E-state index contributed by atoms with van der Waals surface area (Å²) < 4.78 is 15.8. The molecule has 0 radical (unpaired) electrons. The molecule has 1 aliphatic rings. The van der Waals surface area contributed by atoms with Gasteiger partial charge in [-0.3, -0.25) is 0 Å². The van der Waals surface area contributed by atoms with Crippen LogP contribution in [0.15, 0.2) is 12.1 Å². The number of imidazole rings is 1. The van der Waals surface area contributed by atoms with Crippen LogP contribution in [-0.4, -0.2) is 9.55 Å². The van der Waals surface area contributed by atoms with Crippen LogP contribution in [-0.2, 0) is 5.88 Å². The molecule has 2 aromatic rings. The quantitative estimate of drug-likeness (QED) is 0.659. The summed E-state index contributed by atoms with van der Waals surface area (Å²) in [6, 6.07) is 3.45. The minimum atomic E-state index is -0.430. The van der Waals surface area contributed by atoms with Gasteiger partial charge in [-0.1, -0.05) is 25.4 Å². The highest BCUT2D eigenvalue weighted by atomic mass is 35.5. The third kappa shape index (κ3) is 2.78. The van der Waals surface area contributed by atoms with E-state index in [1.54, 1.807) is 6.07 Å². The van der Waals surface area contributed by atoms with Crippen molar-refractivity contribution < 1.29 is 4.39 Å². The Kier molecular flexibility index (Phi) is 4.15. The Morgan fingerprint density at radius 2 is 1.90 bits per heavy atom. The molecular formula is C16H19Cl2FN2. The van der Waals surface area contributed by atoms with Gasteiger partial charge in [0.15, 0.2) is 0 Å². The lowest BCUT2D eigenvalue weighted by Gasteiger charge is -2.33. The third-order valence-electron chi connectivity index (χ3n) is 4.44. The Balaban J connectivity index is 2.13. The van der Waals surface area contributed by atoms with Crippen molar-refractivity contribution >= 4 is 34.2 Å². The molecule has 0 aliphatic heterocycles. The van der Waals surface area contributed by atoms with Gasteiger partial charge in [-0.25, -0.2) is 9.37 Å². The lowest BCUT2D eigenvalue weighted by molar-refractivity contribution is 0.222. The number of alkyl halides is 1. The molecule has 5 heteroatoms. The first kappa shape index (κ1) is 15.1. The van der Waals surface area contributed by atoms with E-state index in [9.17, 15) is 4.39 Å². The van der Waals surface area contributed by atoms with Gasteiger partial charge in [0.05, 0.1) is 21.9 Å². The van der Waals surface area contributed by atoms with Crippen molar-refractivity contribution in [3.63, 3.8) is 0 Å². The van der Waals surface area contributed by atoms with Gasteiger partial charge in [-0.2, -0.15) is 0 Å². The second-order valence-electron chi connectivity index (χ2n) is 6.36. The second-order valence-corrected chi connectivity index (χ2v) is 7.03. The first-order valence-corrected chi connectivity index (χ1v) is 8.32. The highest BCUT2D eigenvalue weighted by Crippen LogP contribution is 2.39. The fourth-order valence-electron chi connectivity index (χ4n) is 3.76. The molecule has 114 valence electrons. The summed E-state index contributed by atoms with van der Waals surface area (Å²) >= 11 is 12.0. The summed E-state index contributed by atoms with van der Waals surface area (Å²) in [5.74, 6) is 2.05. The largest absolute Gasteiger partial charge is 0.324 e. The van der Waals surface area contributed by atoms with Crippen LogP contribution in [0.25, 0.3) is 11.0 Å². The summed E-state index contributed by atoms with van der Waals surface area (Å²) in [6.45, 7) is 4.57. The van der Waals surface area contributed by atoms with Gasteiger partial charge in [-0.05, 0) is 37.2 Å². The maximum atomic E-state index is 13.6. The van der Waals surface area contributed by atoms with Gasteiger partial charge >= 0.3 is 0 Å². The molecule has 1 saturated carbocycles.